The summed E-state index contributed by atoms with van der Waals surface area (Å²) in [5, 5.41) is 7.42. The van der Waals surface area contributed by atoms with Crippen molar-refractivity contribution in [3.8, 4) is 0 Å². The molecular formula is C22H30ClIN4O. The maximum atomic E-state index is 12.1. The van der Waals surface area contributed by atoms with Gasteiger partial charge in [-0.15, -0.1) is 24.0 Å². The number of halogens is 2. The second-order valence-electron chi connectivity index (χ2n) is 6.81. The second-order valence-corrected chi connectivity index (χ2v) is 7.24. The summed E-state index contributed by atoms with van der Waals surface area (Å²) in [6.45, 7) is 1.59. The molecule has 0 aliphatic carbocycles. The minimum Gasteiger partial charge on any atom is -0.356 e. The van der Waals surface area contributed by atoms with Gasteiger partial charge in [0.2, 0.25) is 0 Å². The molecule has 0 aromatic heterocycles. The summed E-state index contributed by atoms with van der Waals surface area (Å²) in [6, 6.07) is 15.7. The Morgan fingerprint density at radius 3 is 2.34 bits per heavy atom. The summed E-state index contributed by atoms with van der Waals surface area (Å²) in [5.74, 6) is 0.810. The fraction of sp³-hybridized carbons (Fsp3) is 0.364. The maximum absolute atomic E-state index is 12.1. The van der Waals surface area contributed by atoms with E-state index in [1.165, 1.54) is 5.56 Å². The molecule has 7 heteroatoms. The van der Waals surface area contributed by atoms with Crippen molar-refractivity contribution >= 4 is 47.4 Å². The largest absolute Gasteiger partial charge is 0.356 e. The lowest BCUT2D eigenvalue weighted by atomic mass is 10.1. The van der Waals surface area contributed by atoms with Crippen LogP contribution in [0.2, 0.25) is 5.02 Å². The number of amides is 1. The molecule has 158 valence electrons. The summed E-state index contributed by atoms with van der Waals surface area (Å²) in [4.78, 5) is 17.9. The molecule has 0 radical (unpaired) electrons. The number of nitrogens with zero attached hydrogens (tertiary/aromatic N) is 2. The highest BCUT2D eigenvalue weighted by Crippen LogP contribution is 2.10. The zero-order valence-corrected chi connectivity index (χ0v) is 20.3. The van der Waals surface area contributed by atoms with Gasteiger partial charge in [-0.05, 0) is 54.7 Å². The third kappa shape index (κ3) is 9.04. The number of carbonyl (C=O) groups excluding carboxylic acids is 1. The molecule has 0 fully saturated rings. The van der Waals surface area contributed by atoms with Gasteiger partial charge >= 0.3 is 0 Å². The molecule has 0 saturated heterocycles. The number of guanidine groups is 1. The molecule has 0 aliphatic rings. The van der Waals surface area contributed by atoms with E-state index in [-0.39, 0.29) is 29.9 Å². The summed E-state index contributed by atoms with van der Waals surface area (Å²) >= 11 is 5.91. The lowest BCUT2D eigenvalue weighted by Gasteiger charge is -2.13. The lowest BCUT2D eigenvalue weighted by Crippen LogP contribution is -2.38. The van der Waals surface area contributed by atoms with Crippen molar-refractivity contribution in [2.45, 2.75) is 19.3 Å². The van der Waals surface area contributed by atoms with Crippen LogP contribution in [0.3, 0.4) is 0 Å². The van der Waals surface area contributed by atoms with E-state index in [4.69, 9.17) is 11.6 Å². The number of rotatable bonds is 8. The van der Waals surface area contributed by atoms with Gasteiger partial charge in [0.15, 0.2) is 5.96 Å². The van der Waals surface area contributed by atoms with Gasteiger partial charge in [-0.1, -0.05) is 35.9 Å². The average Bonchev–Trinajstić information content (AvgIpc) is 2.70. The highest BCUT2D eigenvalue weighted by molar-refractivity contribution is 14.0. The topological polar surface area (TPSA) is 56.7 Å². The van der Waals surface area contributed by atoms with Crippen LogP contribution in [0.15, 0.2) is 53.5 Å². The minimum absolute atomic E-state index is 0. The van der Waals surface area contributed by atoms with Gasteiger partial charge in [-0.3, -0.25) is 9.79 Å². The van der Waals surface area contributed by atoms with Gasteiger partial charge < -0.3 is 15.5 Å². The molecule has 2 rings (SSSR count). The van der Waals surface area contributed by atoms with Crippen LogP contribution in [-0.4, -0.2) is 51.0 Å². The number of benzene rings is 2. The molecular weight excluding hydrogens is 499 g/mol. The highest BCUT2D eigenvalue weighted by atomic mass is 127. The molecule has 5 nitrogen and oxygen atoms in total. The molecule has 1 amide bonds. The SMILES string of the molecule is CN=C(NCCCc1ccc(Cl)cc1)NCCc1cccc(C(=O)N(C)C)c1.I. The molecule has 0 heterocycles. The molecule has 0 bridgehead atoms. The Kier molecular flexibility index (Phi) is 11.7. The average molecular weight is 529 g/mol. The number of aliphatic imine (C=N–C) groups is 1. The first kappa shape index (κ1) is 25.2. The van der Waals surface area contributed by atoms with Crippen molar-refractivity contribution in [1.29, 1.82) is 0 Å². The summed E-state index contributed by atoms with van der Waals surface area (Å²) in [6.07, 6.45) is 2.82. The van der Waals surface area contributed by atoms with E-state index < -0.39 is 0 Å². The number of nitrogens with one attached hydrogen (secondary N) is 2. The summed E-state index contributed by atoms with van der Waals surface area (Å²) in [7, 11) is 5.29. The van der Waals surface area contributed by atoms with Crippen LogP contribution >= 0.6 is 35.6 Å². The molecule has 0 atom stereocenters. The minimum atomic E-state index is 0. The van der Waals surface area contributed by atoms with Gasteiger partial charge in [0, 0.05) is 44.8 Å². The smallest absolute Gasteiger partial charge is 0.253 e. The van der Waals surface area contributed by atoms with Crippen molar-refractivity contribution in [3.63, 3.8) is 0 Å². The van der Waals surface area contributed by atoms with E-state index in [0.717, 1.165) is 48.9 Å². The number of carbonyl (C=O) groups is 1. The number of aryl methyl sites for hydroxylation is 1. The third-order valence-electron chi connectivity index (χ3n) is 4.36. The monoisotopic (exact) mass is 528 g/mol. The van der Waals surface area contributed by atoms with Gasteiger partial charge in [0.1, 0.15) is 0 Å². The standard InChI is InChI=1S/C22H29ClN4O.HI/c1-24-22(25-14-5-7-17-9-11-20(23)12-10-17)26-15-13-18-6-4-8-19(16-18)21(28)27(2)3;/h4,6,8-12,16H,5,7,13-15H2,1-3H3,(H2,24,25,26);1H. The fourth-order valence-electron chi connectivity index (χ4n) is 2.81. The molecule has 0 unspecified atom stereocenters. The highest BCUT2D eigenvalue weighted by Gasteiger charge is 2.08. The molecule has 2 N–H and O–H groups in total. The Bertz CT molecular complexity index is 794. The first-order valence-electron chi connectivity index (χ1n) is 9.49. The van der Waals surface area contributed by atoms with Crippen LogP contribution in [0.1, 0.15) is 27.9 Å². The quantitative estimate of drug-likeness (QED) is 0.236. The molecule has 0 aliphatic heterocycles. The zero-order valence-electron chi connectivity index (χ0n) is 17.2. The molecule has 2 aromatic rings. The van der Waals surface area contributed by atoms with Crippen molar-refractivity contribution in [2.24, 2.45) is 4.99 Å². The predicted octanol–water partition coefficient (Wildman–Crippen LogP) is 4.00. The van der Waals surface area contributed by atoms with Crippen LogP contribution < -0.4 is 10.6 Å². The number of hydrogen-bond acceptors (Lipinski definition) is 2. The van der Waals surface area contributed by atoms with E-state index in [9.17, 15) is 4.79 Å². The Morgan fingerprint density at radius 1 is 1.00 bits per heavy atom. The van der Waals surface area contributed by atoms with Crippen molar-refractivity contribution in [2.75, 3.05) is 34.2 Å². The third-order valence-corrected chi connectivity index (χ3v) is 4.61. The normalized spacial score (nSPS) is 10.8. The van der Waals surface area contributed by atoms with E-state index in [2.05, 4.69) is 27.8 Å². The van der Waals surface area contributed by atoms with Crippen LogP contribution in [0.5, 0.6) is 0 Å². The van der Waals surface area contributed by atoms with Gasteiger partial charge in [-0.2, -0.15) is 0 Å². The second kappa shape index (κ2) is 13.4. The summed E-state index contributed by atoms with van der Waals surface area (Å²) < 4.78 is 0. The molecule has 29 heavy (non-hydrogen) atoms. The predicted molar refractivity (Wildman–Crippen MR) is 133 cm³/mol. The van der Waals surface area contributed by atoms with Crippen molar-refractivity contribution in [3.05, 3.63) is 70.2 Å². The van der Waals surface area contributed by atoms with Crippen LogP contribution in [0.25, 0.3) is 0 Å². The van der Waals surface area contributed by atoms with E-state index >= 15 is 0 Å². The maximum Gasteiger partial charge on any atom is 0.253 e. The van der Waals surface area contributed by atoms with E-state index in [1.54, 1.807) is 26.0 Å². The summed E-state index contributed by atoms with van der Waals surface area (Å²) in [5.41, 5.74) is 3.12. The Hall–Kier alpha value is -1.80. The van der Waals surface area contributed by atoms with Crippen molar-refractivity contribution in [1.82, 2.24) is 15.5 Å². The Labute approximate surface area is 196 Å². The Morgan fingerprint density at radius 2 is 1.69 bits per heavy atom. The van der Waals surface area contributed by atoms with Gasteiger partial charge in [0.25, 0.3) is 5.91 Å². The lowest BCUT2D eigenvalue weighted by molar-refractivity contribution is 0.0827. The Balaban J connectivity index is 0.00000420. The first-order valence-corrected chi connectivity index (χ1v) is 9.87. The fourth-order valence-corrected chi connectivity index (χ4v) is 2.94. The van der Waals surface area contributed by atoms with E-state index in [1.807, 2.05) is 36.4 Å². The van der Waals surface area contributed by atoms with Crippen LogP contribution in [0.4, 0.5) is 0 Å². The first-order chi connectivity index (χ1) is 13.5. The molecule has 0 spiro atoms. The van der Waals surface area contributed by atoms with Crippen molar-refractivity contribution < 1.29 is 4.79 Å². The van der Waals surface area contributed by atoms with E-state index in [0.29, 0.717) is 5.56 Å². The molecule has 0 saturated carbocycles. The van der Waals surface area contributed by atoms with Gasteiger partial charge in [0.05, 0.1) is 0 Å². The molecule has 2 aromatic carbocycles. The number of hydrogen-bond donors (Lipinski definition) is 2. The van der Waals surface area contributed by atoms with Crippen LogP contribution in [-0.2, 0) is 12.8 Å². The van der Waals surface area contributed by atoms with Crippen LogP contribution in [0, 0.1) is 0 Å². The van der Waals surface area contributed by atoms with Gasteiger partial charge in [-0.25, -0.2) is 0 Å². The zero-order chi connectivity index (χ0) is 20.4.